The van der Waals surface area contributed by atoms with Gasteiger partial charge in [0.05, 0.1) is 16.8 Å². The van der Waals surface area contributed by atoms with E-state index in [4.69, 9.17) is 33.9 Å². The van der Waals surface area contributed by atoms with Crippen molar-refractivity contribution in [3.63, 3.8) is 0 Å². The van der Waals surface area contributed by atoms with Crippen LogP contribution < -0.4 is 10.6 Å². The number of nitrogens with zero attached hydrogens (tertiary/aromatic N) is 2. The molecule has 0 saturated heterocycles. The van der Waals surface area contributed by atoms with Crippen LogP contribution in [0.25, 0.3) is 21.1 Å². The number of fused-ring (bicyclic) bond motifs is 4. The second-order valence-electron chi connectivity index (χ2n) is 6.63. The van der Waals surface area contributed by atoms with E-state index in [1.165, 1.54) is 16.6 Å². The Morgan fingerprint density at radius 1 is 1.19 bits per heavy atom. The molecule has 4 nitrogen and oxygen atoms in total. The van der Waals surface area contributed by atoms with Crippen molar-refractivity contribution < 1.29 is 0 Å². The number of halogens is 2. The Kier molecular flexibility index (Phi) is 3.87. The summed E-state index contributed by atoms with van der Waals surface area (Å²) in [6, 6.07) is 11.8. The predicted octanol–water partition coefficient (Wildman–Crippen LogP) is 5.15. The van der Waals surface area contributed by atoms with E-state index in [9.17, 15) is 0 Å². The lowest BCUT2D eigenvalue weighted by molar-refractivity contribution is 0.605. The Bertz CT molecular complexity index is 1130. The molecule has 0 spiro atoms. The normalized spacial score (nSPS) is 17.2. The van der Waals surface area contributed by atoms with Gasteiger partial charge in [0.25, 0.3) is 0 Å². The minimum Gasteiger partial charge on any atom is -0.357 e. The van der Waals surface area contributed by atoms with Gasteiger partial charge in [-0.1, -0.05) is 34.5 Å². The van der Waals surface area contributed by atoms with Crippen LogP contribution in [0.3, 0.4) is 0 Å². The number of thiazole rings is 1. The first kappa shape index (κ1) is 16.4. The lowest BCUT2D eigenvalue weighted by Crippen LogP contribution is -2.36. The van der Waals surface area contributed by atoms with E-state index in [0.29, 0.717) is 6.54 Å². The maximum absolute atomic E-state index is 6.22. The molecule has 5 rings (SSSR count). The van der Waals surface area contributed by atoms with Crippen molar-refractivity contribution in [1.82, 2.24) is 9.97 Å². The second kappa shape index (κ2) is 6.13. The van der Waals surface area contributed by atoms with Crippen molar-refractivity contribution in [2.24, 2.45) is 5.73 Å². The summed E-state index contributed by atoms with van der Waals surface area (Å²) >= 11 is 14.0. The number of hydrogen-bond acceptors (Lipinski definition) is 4. The fraction of sp³-hybridized carbons (Fsp3) is 0.211. The van der Waals surface area contributed by atoms with Crippen LogP contribution in [0, 0.1) is 0 Å². The molecule has 4 aromatic rings. The van der Waals surface area contributed by atoms with Crippen molar-refractivity contribution in [2.45, 2.75) is 12.5 Å². The summed E-state index contributed by atoms with van der Waals surface area (Å²) < 4.78 is 1.10. The summed E-state index contributed by atoms with van der Waals surface area (Å²) in [7, 11) is 0. The molecule has 0 saturated carbocycles. The van der Waals surface area contributed by atoms with Crippen molar-refractivity contribution in [1.29, 1.82) is 0 Å². The summed E-state index contributed by atoms with van der Waals surface area (Å²) in [5, 5.41) is 3.67. The number of nitrogens with two attached hydrogens (primary N) is 1. The summed E-state index contributed by atoms with van der Waals surface area (Å²) in [4.78, 5) is 10.6. The van der Waals surface area contributed by atoms with Gasteiger partial charge in [0.2, 0.25) is 0 Å². The van der Waals surface area contributed by atoms with E-state index in [1.807, 2.05) is 36.4 Å². The first-order chi connectivity index (χ1) is 12.6. The van der Waals surface area contributed by atoms with Gasteiger partial charge >= 0.3 is 0 Å². The van der Waals surface area contributed by atoms with E-state index in [1.54, 1.807) is 11.3 Å². The largest absolute Gasteiger partial charge is 0.357 e. The van der Waals surface area contributed by atoms with E-state index >= 15 is 0 Å². The monoisotopic (exact) mass is 402 g/mol. The highest BCUT2D eigenvalue weighted by Crippen LogP contribution is 2.39. The fourth-order valence-electron chi connectivity index (χ4n) is 3.80. The van der Waals surface area contributed by atoms with E-state index in [-0.39, 0.29) is 5.92 Å². The van der Waals surface area contributed by atoms with E-state index < -0.39 is 0 Å². The number of aromatic nitrogens is 2. The summed E-state index contributed by atoms with van der Waals surface area (Å²) in [6.07, 6.45) is 0. The first-order valence-electron chi connectivity index (χ1n) is 8.43. The lowest BCUT2D eigenvalue weighted by Gasteiger charge is -2.32. The molecule has 0 aliphatic carbocycles. The third-order valence-electron chi connectivity index (χ3n) is 4.97. The van der Waals surface area contributed by atoms with Crippen molar-refractivity contribution in [3.8, 4) is 0 Å². The Balaban J connectivity index is 1.59. The molecule has 1 unspecified atom stereocenters. The van der Waals surface area contributed by atoms with E-state index in [0.717, 1.165) is 44.0 Å². The Morgan fingerprint density at radius 2 is 2.00 bits per heavy atom. The zero-order valence-electron chi connectivity index (χ0n) is 13.8. The van der Waals surface area contributed by atoms with Gasteiger partial charge in [-0.25, -0.2) is 4.98 Å². The molecule has 1 atom stereocenters. The summed E-state index contributed by atoms with van der Waals surface area (Å²) in [6.45, 7) is 2.21. The summed E-state index contributed by atoms with van der Waals surface area (Å²) in [5.74, 6) is 0.238. The number of hydrogen-bond donors (Lipinski definition) is 2. The quantitative estimate of drug-likeness (QED) is 0.487. The standard InChI is InChI=1S/C19H16Cl2N4S/c20-11-1-3-14-13(5-11)18-10(7-22)8-25(9-16(18)23-14)19-24-15-4-2-12(21)6-17(15)26-19/h1-6,10,23H,7-9,22H2. The number of benzene rings is 2. The maximum atomic E-state index is 6.22. The predicted molar refractivity (Wildman–Crippen MR) is 111 cm³/mol. The van der Waals surface area contributed by atoms with Gasteiger partial charge in [0.15, 0.2) is 5.13 Å². The van der Waals surface area contributed by atoms with Crippen molar-refractivity contribution >= 4 is 60.8 Å². The molecule has 7 heteroatoms. The van der Waals surface area contributed by atoms with Gasteiger partial charge in [0.1, 0.15) is 0 Å². The molecule has 3 heterocycles. The molecule has 2 aromatic carbocycles. The molecule has 0 fully saturated rings. The number of rotatable bonds is 2. The van der Waals surface area contributed by atoms with E-state index in [2.05, 4.69) is 9.88 Å². The molecule has 26 heavy (non-hydrogen) atoms. The van der Waals surface area contributed by atoms with Crippen LogP contribution in [0.2, 0.25) is 10.0 Å². The van der Waals surface area contributed by atoms with Gasteiger partial charge in [-0.2, -0.15) is 0 Å². The smallest absolute Gasteiger partial charge is 0.186 e. The van der Waals surface area contributed by atoms with Crippen LogP contribution in [0.15, 0.2) is 36.4 Å². The minimum absolute atomic E-state index is 0.238. The Hall–Kier alpha value is -1.79. The molecular weight excluding hydrogens is 387 g/mol. The van der Waals surface area contributed by atoms with Crippen LogP contribution in [0.5, 0.6) is 0 Å². The number of nitrogens with one attached hydrogen (secondary N) is 1. The maximum Gasteiger partial charge on any atom is 0.186 e. The van der Waals surface area contributed by atoms with Crippen LogP contribution in [-0.4, -0.2) is 23.1 Å². The van der Waals surface area contributed by atoms with Gasteiger partial charge in [-0.05, 0) is 42.0 Å². The van der Waals surface area contributed by atoms with Crippen molar-refractivity contribution in [3.05, 3.63) is 57.7 Å². The fourth-order valence-corrected chi connectivity index (χ4v) is 5.23. The SMILES string of the molecule is NCC1CN(c2nc3ccc(Cl)cc3s2)Cc2[nH]c3ccc(Cl)cc3c21. The molecule has 2 aromatic heterocycles. The lowest BCUT2D eigenvalue weighted by atomic mass is 9.92. The van der Waals surface area contributed by atoms with Crippen LogP contribution in [0.4, 0.5) is 5.13 Å². The topological polar surface area (TPSA) is 57.9 Å². The summed E-state index contributed by atoms with van der Waals surface area (Å²) in [5.41, 5.74) is 10.7. The number of aromatic amines is 1. The van der Waals surface area contributed by atoms with Gasteiger partial charge < -0.3 is 15.6 Å². The molecule has 0 amide bonds. The van der Waals surface area contributed by atoms with Crippen molar-refractivity contribution in [2.75, 3.05) is 18.0 Å². The highest BCUT2D eigenvalue weighted by atomic mass is 35.5. The Morgan fingerprint density at radius 3 is 2.85 bits per heavy atom. The van der Waals surface area contributed by atoms with Crippen LogP contribution in [0.1, 0.15) is 17.2 Å². The van der Waals surface area contributed by atoms with Gasteiger partial charge in [-0.3, -0.25) is 0 Å². The third-order valence-corrected chi connectivity index (χ3v) is 6.52. The van der Waals surface area contributed by atoms with Crippen LogP contribution >= 0.6 is 34.5 Å². The average Bonchev–Trinajstić information content (AvgIpc) is 3.21. The van der Waals surface area contributed by atoms with Gasteiger partial charge in [0, 0.05) is 45.6 Å². The number of anilines is 1. The van der Waals surface area contributed by atoms with Gasteiger partial charge in [-0.15, -0.1) is 0 Å². The molecule has 3 N–H and O–H groups in total. The zero-order chi connectivity index (χ0) is 17.8. The first-order valence-corrected chi connectivity index (χ1v) is 10.0. The molecular formula is C19H16Cl2N4S. The molecule has 1 aliphatic heterocycles. The zero-order valence-corrected chi connectivity index (χ0v) is 16.1. The molecule has 1 aliphatic rings. The highest BCUT2D eigenvalue weighted by molar-refractivity contribution is 7.22. The minimum atomic E-state index is 0.238. The highest BCUT2D eigenvalue weighted by Gasteiger charge is 2.29. The van der Waals surface area contributed by atoms with Crippen LogP contribution in [-0.2, 0) is 6.54 Å². The molecule has 132 valence electrons. The molecule has 0 bridgehead atoms. The number of H-pyrrole nitrogens is 1. The third kappa shape index (κ3) is 2.58. The molecule has 0 radical (unpaired) electrons. The second-order valence-corrected chi connectivity index (χ2v) is 8.51. The average molecular weight is 403 g/mol. The Labute approximate surface area is 164 Å².